The molecular weight excluding hydrogens is 368 g/mol. The van der Waals surface area contributed by atoms with Gasteiger partial charge in [-0.05, 0) is 34.1 Å². The molecule has 0 N–H and O–H groups in total. The molecule has 0 aliphatic rings. The lowest BCUT2D eigenvalue weighted by molar-refractivity contribution is -0.128. The minimum atomic E-state index is -3.72. The van der Waals surface area contributed by atoms with Crippen LogP contribution >= 0.6 is 27.5 Å². The minimum absolute atomic E-state index is 0.0992. The predicted octanol–water partition coefficient (Wildman–Crippen LogP) is 2.20. The average Bonchev–Trinajstić information content (AvgIpc) is 2.38. The van der Waals surface area contributed by atoms with Crippen molar-refractivity contribution in [1.82, 2.24) is 9.21 Å². The summed E-state index contributed by atoms with van der Waals surface area (Å²) in [5.74, 6) is -0.275. The quantitative estimate of drug-likeness (QED) is 0.783. The van der Waals surface area contributed by atoms with Crippen molar-refractivity contribution in [3.05, 3.63) is 27.7 Å². The summed E-state index contributed by atoms with van der Waals surface area (Å²) in [6.45, 7) is 1.71. The molecule has 8 heteroatoms. The lowest BCUT2D eigenvalue weighted by Gasteiger charge is -2.22. The molecule has 1 rings (SSSR count). The zero-order valence-electron chi connectivity index (χ0n) is 11.4. The third kappa shape index (κ3) is 3.94. The van der Waals surface area contributed by atoms with Gasteiger partial charge in [0.15, 0.2) is 0 Å². The van der Waals surface area contributed by atoms with E-state index >= 15 is 0 Å². The molecule has 112 valence electrons. The highest BCUT2D eigenvalue weighted by Gasteiger charge is 2.26. The Morgan fingerprint density at radius 1 is 1.35 bits per heavy atom. The van der Waals surface area contributed by atoms with Gasteiger partial charge in [0, 0.05) is 25.1 Å². The highest BCUT2D eigenvalue weighted by atomic mass is 79.9. The van der Waals surface area contributed by atoms with E-state index in [2.05, 4.69) is 15.9 Å². The standard InChI is InChI=1S/C12H16BrClN2O3S/c1-4-16(8-12(17)15(2)3)20(18,19)9-5-6-11(14)10(13)7-9/h5-7H,4,8H2,1-3H3. The molecule has 0 bridgehead atoms. The summed E-state index contributed by atoms with van der Waals surface area (Å²) in [7, 11) is -0.552. The number of hydrogen-bond acceptors (Lipinski definition) is 3. The van der Waals surface area contributed by atoms with Crippen molar-refractivity contribution in [1.29, 1.82) is 0 Å². The van der Waals surface area contributed by atoms with Gasteiger partial charge < -0.3 is 4.90 Å². The fraction of sp³-hybridized carbons (Fsp3) is 0.417. The number of likely N-dealkylation sites (N-methyl/N-ethyl adjacent to an activating group) is 2. The van der Waals surface area contributed by atoms with Crippen LogP contribution in [-0.2, 0) is 14.8 Å². The molecule has 0 unspecified atom stereocenters. The number of benzene rings is 1. The molecule has 0 fully saturated rings. The Hall–Kier alpha value is -0.630. The molecule has 0 heterocycles. The van der Waals surface area contributed by atoms with Crippen molar-refractivity contribution >= 4 is 43.5 Å². The van der Waals surface area contributed by atoms with Crippen LogP contribution in [0.1, 0.15) is 6.92 Å². The van der Waals surface area contributed by atoms with Crippen LogP contribution in [0.15, 0.2) is 27.6 Å². The maximum absolute atomic E-state index is 12.5. The van der Waals surface area contributed by atoms with Crippen LogP contribution in [-0.4, -0.2) is 50.7 Å². The van der Waals surface area contributed by atoms with Crippen LogP contribution in [0.2, 0.25) is 5.02 Å². The molecule has 0 aromatic heterocycles. The van der Waals surface area contributed by atoms with Gasteiger partial charge in [-0.15, -0.1) is 0 Å². The number of halogens is 2. The van der Waals surface area contributed by atoms with Crippen molar-refractivity contribution in [2.24, 2.45) is 0 Å². The number of amides is 1. The van der Waals surface area contributed by atoms with Crippen LogP contribution in [0, 0.1) is 0 Å². The van der Waals surface area contributed by atoms with Gasteiger partial charge in [-0.1, -0.05) is 18.5 Å². The second kappa shape index (κ2) is 6.89. The average molecular weight is 384 g/mol. The van der Waals surface area contributed by atoms with E-state index in [1.54, 1.807) is 21.0 Å². The summed E-state index contributed by atoms with van der Waals surface area (Å²) >= 11 is 9.05. The lowest BCUT2D eigenvalue weighted by Crippen LogP contribution is -2.40. The Morgan fingerprint density at radius 2 is 1.95 bits per heavy atom. The maximum atomic E-state index is 12.5. The van der Waals surface area contributed by atoms with Crippen molar-refractivity contribution in [3.8, 4) is 0 Å². The largest absolute Gasteiger partial charge is 0.348 e. The Balaban J connectivity index is 3.12. The summed E-state index contributed by atoms with van der Waals surface area (Å²) in [6, 6.07) is 4.35. The molecule has 0 radical (unpaired) electrons. The minimum Gasteiger partial charge on any atom is -0.348 e. The van der Waals surface area contributed by atoms with Crippen molar-refractivity contribution in [3.63, 3.8) is 0 Å². The van der Waals surface area contributed by atoms with Gasteiger partial charge in [0.1, 0.15) is 0 Å². The molecule has 20 heavy (non-hydrogen) atoms. The molecule has 0 atom stereocenters. The summed E-state index contributed by atoms with van der Waals surface area (Å²) in [5.41, 5.74) is 0. The molecule has 1 aromatic carbocycles. The van der Waals surface area contributed by atoms with Gasteiger partial charge in [-0.2, -0.15) is 4.31 Å². The lowest BCUT2D eigenvalue weighted by atomic mass is 10.4. The van der Waals surface area contributed by atoms with Crippen molar-refractivity contribution < 1.29 is 13.2 Å². The van der Waals surface area contributed by atoms with Crippen LogP contribution in [0.5, 0.6) is 0 Å². The second-order valence-electron chi connectivity index (χ2n) is 4.30. The van der Waals surface area contributed by atoms with E-state index in [9.17, 15) is 13.2 Å². The second-order valence-corrected chi connectivity index (χ2v) is 7.49. The smallest absolute Gasteiger partial charge is 0.243 e. The monoisotopic (exact) mass is 382 g/mol. The first-order valence-corrected chi connectivity index (χ1v) is 8.46. The van der Waals surface area contributed by atoms with Crippen LogP contribution in [0.3, 0.4) is 0 Å². The van der Waals surface area contributed by atoms with Gasteiger partial charge in [-0.3, -0.25) is 4.79 Å². The Morgan fingerprint density at radius 3 is 2.40 bits per heavy atom. The first-order chi connectivity index (χ1) is 9.20. The van der Waals surface area contributed by atoms with E-state index < -0.39 is 10.0 Å². The summed E-state index contributed by atoms with van der Waals surface area (Å²) in [6.07, 6.45) is 0. The van der Waals surface area contributed by atoms with Gasteiger partial charge in [0.05, 0.1) is 16.5 Å². The van der Waals surface area contributed by atoms with E-state index in [4.69, 9.17) is 11.6 Å². The number of carbonyl (C=O) groups is 1. The molecule has 0 spiro atoms. The third-order valence-electron chi connectivity index (χ3n) is 2.69. The molecule has 0 aliphatic carbocycles. The van der Waals surface area contributed by atoms with Crippen LogP contribution in [0.25, 0.3) is 0 Å². The van der Waals surface area contributed by atoms with E-state index in [0.29, 0.717) is 9.50 Å². The normalized spacial score (nSPS) is 11.7. The highest BCUT2D eigenvalue weighted by molar-refractivity contribution is 9.10. The summed E-state index contributed by atoms with van der Waals surface area (Å²) < 4.78 is 26.6. The highest BCUT2D eigenvalue weighted by Crippen LogP contribution is 2.26. The molecule has 0 aliphatic heterocycles. The number of hydrogen-bond donors (Lipinski definition) is 0. The fourth-order valence-corrected chi connectivity index (χ4v) is 3.52. The third-order valence-corrected chi connectivity index (χ3v) is 5.82. The number of nitrogens with zero attached hydrogens (tertiary/aromatic N) is 2. The zero-order chi connectivity index (χ0) is 15.5. The summed E-state index contributed by atoms with van der Waals surface area (Å²) in [5, 5.41) is 0.427. The van der Waals surface area contributed by atoms with Crippen molar-refractivity contribution in [2.75, 3.05) is 27.2 Å². The fourth-order valence-electron chi connectivity index (χ4n) is 1.45. The Bertz CT molecular complexity index is 605. The molecule has 1 amide bonds. The first-order valence-electron chi connectivity index (χ1n) is 5.85. The molecule has 5 nitrogen and oxygen atoms in total. The zero-order valence-corrected chi connectivity index (χ0v) is 14.6. The SMILES string of the molecule is CCN(CC(=O)N(C)C)S(=O)(=O)c1ccc(Cl)c(Br)c1. The maximum Gasteiger partial charge on any atom is 0.243 e. The van der Waals surface area contributed by atoms with Crippen LogP contribution in [0.4, 0.5) is 0 Å². The first kappa shape index (κ1) is 17.4. The summed E-state index contributed by atoms with van der Waals surface area (Å²) in [4.78, 5) is 13.2. The Kier molecular flexibility index (Phi) is 6.00. The number of rotatable bonds is 5. The van der Waals surface area contributed by atoms with Gasteiger partial charge in [-0.25, -0.2) is 8.42 Å². The van der Waals surface area contributed by atoms with E-state index in [1.807, 2.05) is 0 Å². The molecule has 0 saturated carbocycles. The number of sulfonamides is 1. The van der Waals surface area contributed by atoms with Crippen LogP contribution < -0.4 is 0 Å². The molecule has 1 aromatic rings. The molecular formula is C12H16BrClN2O3S. The van der Waals surface area contributed by atoms with E-state index in [1.165, 1.54) is 23.1 Å². The topological polar surface area (TPSA) is 57.7 Å². The van der Waals surface area contributed by atoms with E-state index in [0.717, 1.165) is 4.31 Å². The van der Waals surface area contributed by atoms with Gasteiger partial charge in [0.2, 0.25) is 15.9 Å². The Labute approximate surface area is 132 Å². The van der Waals surface area contributed by atoms with Gasteiger partial charge in [0.25, 0.3) is 0 Å². The predicted molar refractivity (Wildman–Crippen MR) is 82.3 cm³/mol. The van der Waals surface area contributed by atoms with Crippen molar-refractivity contribution in [2.45, 2.75) is 11.8 Å². The van der Waals surface area contributed by atoms with E-state index in [-0.39, 0.29) is 23.9 Å². The molecule has 0 saturated heterocycles. The number of carbonyl (C=O) groups excluding carboxylic acids is 1. The van der Waals surface area contributed by atoms with Gasteiger partial charge >= 0.3 is 0 Å².